The molecule has 3 heteroatoms. The quantitative estimate of drug-likeness (QED) is 0.897. The molecule has 3 nitrogen and oxygen atoms in total. The minimum atomic E-state index is 0.325. The molecule has 0 bridgehead atoms. The summed E-state index contributed by atoms with van der Waals surface area (Å²) in [5.74, 6) is 1.14. The van der Waals surface area contributed by atoms with Crippen LogP contribution in [0.1, 0.15) is 44.5 Å². The van der Waals surface area contributed by atoms with Crippen molar-refractivity contribution in [2.75, 3.05) is 0 Å². The summed E-state index contributed by atoms with van der Waals surface area (Å²) in [5, 5.41) is 3.71. The van der Waals surface area contributed by atoms with Gasteiger partial charge in [-0.3, -0.25) is 0 Å². The first kappa shape index (κ1) is 11.7. The normalized spacial score (nSPS) is 18.6. The summed E-state index contributed by atoms with van der Waals surface area (Å²) in [6.45, 7) is 2.22. The van der Waals surface area contributed by atoms with Gasteiger partial charge in [0.2, 0.25) is 0 Å². The van der Waals surface area contributed by atoms with Gasteiger partial charge in [0.1, 0.15) is 5.82 Å². The van der Waals surface area contributed by atoms with Crippen molar-refractivity contribution in [2.24, 2.45) is 7.05 Å². The highest BCUT2D eigenvalue weighted by atomic mass is 15.1. The largest absolute Gasteiger partial charge is 0.330 e. The van der Waals surface area contributed by atoms with Gasteiger partial charge in [-0.05, 0) is 31.9 Å². The second-order valence-corrected chi connectivity index (χ2v) is 5.39. The lowest BCUT2D eigenvalue weighted by molar-refractivity contribution is 0.441. The molecule has 3 rings (SSSR count). The summed E-state index contributed by atoms with van der Waals surface area (Å²) in [6.07, 6.45) is 5.36. The summed E-state index contributed by atoms with van der Waals surface area (Å²) in [5.41, 5.74) is 2.31. The predicted octanol–water partition coefficient (Wildman–Crippen LogP) is 3.17. The molecule has 1 fully saturated rings. The molecule has 96 valence electrons. The van der Waals surface area contributed by atoms with Gasteiger partial charge in [-0.2, -0.15) is 0 Å². The molecule has 1 atom stereocenters. The van der Waals surface area contributed by atoms with Crippen molar-refractivity contribution in [1.82, 2.24) is 14.9 Å². The van der Waals surface area contributed by atoms with E-state index >= 15 is 0 Å². The number of nitrogens with zero attached hydrogens (tertiary/aromatic N) is 2. The van der Waals surface area contributed by atoms with Gasteiger partial charge < -0.3 is 9.88 Å². The van der Waals surface area contributed by atoms with E-state index in [0.717, 1.165) is 11.3 Å². The maximum atomic E-state index is 4.75. The van der Waals surface area contributed by atoms with E-state index in [0.29, 0.717) is 12.1 Å². The third-order valence-corrected chi connectivity index (χ3v) is 4.05. The molecule has 1 aromatic heterocycles. The maximum absolute atomic E-state index is 4.75. The van der Waals surface area contributed by atoms with Crippen LogP contribution in [0.5, 0.6) is 0 Å². The zero-order valence-electron chi connectivity index (χ0n) is 11.2. The molecule has 0 saturated heterocycles. The Morgan fingerprint density at radius 2 is 2.00 bits per heavy atom. The van der Waals surface area contributed by atoms with Crippen LogP contribution in [0.15, 0.2) is 24.3 Å². The Bertz CT molecular complexity index is 538. The molecule has 2 aromatic rings. The standard InChI is InChI=1S/C15H21N3/c1-11(16-12-7-3-4-8-12)15-17-13-9-5-6-10-14(13)18(15)2/h5-6,9-12,16H,3-4,7-8H2,1-2H3. The Balaban J connectivity index is 1.86. The average molecular weight is 243 g/mol. The highest BCUT2D eigenvalue weighted by Gasteiger charge is 2.20. The summed E-state index contributed by atoms with van der Waals surface area (Å²) >= 11 is 0. The van der Waals surface area contributed by atoms with Crippen LogP contribution in [-0.2, 0) is 7.05 Å². The highest BCUT2D eigenvalue weighted by Crippen LogP contribution is 2.23. The van der Waals surface area contributed by atoms with Gasteiger partial charge >= 0.3 is 0 Å². The number of hydrogen-bond donors (Lipinski definition) is 1. The van der Waals surface area contributed by atoms with Crippen molar-refractivity contribution in [2.45, 2.75) is 44.7 Å². The van der Waals surface area contributed by atoms with Crippen molar-refractivity contribution in [3.05, 3.63) is 30.1 Å². The molecule has 1 saturated carbocycles. The van der Waals surface area contributed by atoms with Crippen molar-refractivity contribution in [3.63, 3.8) is 0 Å². The molecule has 0 spiro atoms. The van der Waals surface area contributed by atoms with Crippen LogP contribution in [0, 0.1) is 0 Å². The number of imidazole rings is 1. The zero-order valence-corrected chi connectivity index (χ0v) is 11.2. The van der Waals surface area contributed by atoms with Crippen molar-refractivity contribution in [3.8, 4) is 0 Å². The maximum Gasteiger partial charge on any atom is 0.126 e. The molecule has 1 unspecified atom stereocenters. The molecule has 0 aliphatic heterocycles. The second-order valence-electron chi connectivity index (χ2n) is 5.39. The number of nitrogens with one attached hydrogen (secondary N) is 1. The van der Waals surface area contributed by atoms with E-state index in [9.17, 15) is 0 Å². The molecule has 1 aliphatic carbocycles. The van der Waals surface area contributed by atoms with E-state index < -0.39 is 0 Å². The first-order valence-corrected chi connectivity index (χ1v) is 6.93. The Kier molecular flexibility index (Phi) is 3.08. The number of rotatable bonds is 3. The lowest BCUT2D eigenvalue weighted by Gasteiger charge is -2.18. The third kappa shape index (κ3) is 2.03. The predicted molar refractivity (Wildman–Crippen MR) is 74.5 cm³/mol. The van der Waals surface area contributed by atoms with E-state index in [4.69, 9.17) is 4.98 Å². The highest BCUT2D eigenvalue weighted by molar-refractivity contribution is 5.75. The van der Waals surface area contributed by atoms with E-state index in [2.05, 4.69) is 42.1 Å². The lowest BCUT2D eigenvalue weighted by Crippen LogP contribution is -2.30. The number of aromatic nitrogens is 2. The van der Waals surface area contributed by atoms with E-state index in [1.807, 2.05) is 6.07 Å². The minimum absolute atomic E-state index is 0.325. The van der Waals surface area contributed by atoms with Crippen LogP contribution in [0.3, 0.4) is 0 Å². The van der Waals surface area contributed by atoms with Crippen molar-refractivity contribution in [1.29, 1.82) is 0 Å². The summed E-state index contributed by atoms with van der Waals surface area (Å²) in [4.78, 5) is 4.75. The Labute approximate surface area is 108 Å². The van der Waals surface area contributed by atoms with E-state index in [1.54, 1.807) is 0 Å². The van der Waals surface area contributed by atoms with Crippen LogP contribution in [0.4, 0.5) is 0 Å². The van der Waals surface area contributed by atoms with Gasteiger partial charge in [-0.15, -0.1) is 0 Å². The van der Waals surface area contributed by atoms with Gasteiger partial charge in [-0.1, -0.05) is 25.0 Å². The van der Waals surface area contributed by atoms with Crippen molar-refractivity contribution < 1.29 is 0 Å². The van der Waals surface area contributed by atoms with Crippen LogP contribution in [0.2, 0.25) is 0 Å². The number of hydrogen-bond acceptors (Lipinski definition) is 2. The number of para-hydroxylation sites is 2. The van der Waals surface area contributed by atoms with Gasteiger partial charge in [0.15, 0.2) is 0 Å². The molecule has 0 amide bonds. The Morgan fingerprint density at radius 1 is 1.28 bits per heavy atom. The monoisotopic (exact) mass is 243 g/mol. The molecule has 1 N–H and O–H groups in total. The van der Waals surface area contributed by atoms with E-state index in [1.165, 1.54) is 31.2 Å². The van der Waals surface area contributed by atoms with E-state index in [-0.39, 0.29) is 0 Å². The fourth-order valence-electron chi connectivity index (χ4n) is 3.07. The Morgan fingerprint density at radius 3 is 2.72 bits per heavy atom. The number of benzene rings is 1. The zero-order chi connectivity index (χ0) is 12.5. The summed E-state index contributed by atoms with van der Waals surface area (Å²) < 4.78 is 2.21. The molecular formula is C15H21N3. The topological polar surface area (TPSA) is 29.9 Å². The van der Waals surface area contributed by atoms with Crippen LogP contribution in [-0.4, -0.2) is 15.6 Å². The average Bonchev–Trinajstić information content (AvgIpc) is 2.98. The molecule has 1 heterocycles. The third-order valence-electron chi connectivity index (χ3n) is 4.05. The number of aryl methyl sites for hydroxylation is 1. The molecule has 0 radical (unpaired) electrons. The first-order chi connectivity index (χ1) is 8.75. The number of fused-ring (bicyclic) bond motifs is 1. The van der Waals surface area contributed by atoms with Gasteiger partial charge in [0, 0.05) is 13.1 Å². The van der Waals surface area contributed by atoms with Gasteiger partial charge in [0.25, 0.3) is 0 Å². The fourth-order valence-corrected chi connectivity index (χ4v) is 3.07. The van der Waals surface area contributed by atoms with Gasteiger partial charge in [-0.25, -0.2) is 4.98 Å². The first-order valence-electron chi connectivity index (χ1n) is 6.93. The summed E-state index contributed by atoms with van der Waals surface area (Å²) in [7, 11) is 2.11. The SMILES string of the molecule is CC(NC1CCCC1)c1nc2ccccc2n1C. The fraction of sp³-hybridized carbons (Fsp3) is 0.533. The Hall–Kier alpha value is -1.35. The molecular weight excluding hydrogens is 222 g/mol. The smallest absolute Gasteiger partial charge is 0.126 e. The molecule has 1 aliphatic rings. The lowest BCUT2D eigenvalue weighted by atomic mass is 10.2. The van der Waals surface area contributed by atoms with Crippen LogP contribution < -0.4 is 5.32 Å². The summed E-state index contributed by atoms with van der Waals surface area (Å²) in [6, 6.07) is 9.34. The minimum Gasteiger partial charge on any atom is -0.330 e. The molecule has 18 heavy (non-hydrogen) atoms. The molecule has 1 aromatic carbocycles. The van der Waals surface area contributed by atoms with Crippen LogP contribution >= 0.6 is 0 Å². The van der Waals surface area contributed by atoms with Gasteiger partial charge in [0.05, 0.1) is 17.1 Å². The second kappa shape index (κ2) is 4.73. The van der Waals surface area contributed by atoms with Crippen molar-refractivity contribution >= 4 is 11.0 Å². The van der Waals surface area contributed by atoms with Crippen LogP contribution in [0.25, 0.3) is 11.0 Å².